The van der Waals surface area contributed by atoms with Crippen molar-refractivity contribution >= 4 is 39.3 Å². The van der Waals surface area contributed by atoms with Gasteiger partial charge in [-0.25, -0.2) is 0 Å². The van der Waals surface area contributed by atoms with Gasteiger partial charge >= 0.3 is 0 Å². The summed E-state index contributed by atoms with van der Waals surface area (Å²) >= 11 is 3.33. The lowest BCUT2D eigenvalue weighted by Gasteiger charge is -2.06. The van der Waals surface area contributed by atoms with Crippen LogP contribution < -0.4 is 10.1 Å². The fourth-order valence-corrected chi connectivity index (χ4v) is 2.54. The number of carbonyl (C=O) groups is 1. The molecule has 0 aliphatic rings. The molecule has 0 radical (unpaired) electrons. The molecule has 25 heavy (non-hydrogen) atoms. The second-order valence-electron chi connectivity index (χ2n) is 4.83. The molecule has 1 amide bonds. The first-order chi connectivity index (χ1) is 11.9. The standard InChI is InChI=1S/C17H12BrN3O4/c1-25-16-6-5-11(8-15(16)18)7-12(10-19)17(22)20-13-3-2-4-14(9-13)21(23)24/h2-9H,1H3,(H,20,22)/b12-7+. The van der Waals surface area contributed by atoms with Gasteiger partial charge in [-0.2, -0.15) is 5.26 Å². The highest BCUT2D eigenvalue weighted by molar-refractivity contribution is 9.10. The molecule has 2 aromatic carbocycles. The number of nitro groups is 1. The number of non-ortho nitro benzene ring substituents is 1. The van der Waals surface area contributed by atoms with Gasteiger partial charge in [0, 0.05) is 17.8 Å². The van der Waals surface area contributed by atoms with E-state index in [2.05, 4.69) is 21.2 Å². The van der Waals surface area contributed by atoms with E-state index in [0.717, 1.165) is 0 Å². The van der Waals surface area contributed by atoms with Crippen molar-refractivity contribution in [1.82, 2.24) is 0 Å². The molecule has 0 saturated carbocycles. The molecule has 2 rings (SSSR count). The predicted octanol–water partition coefficient (Wildman–Crippen LogP) is 3.91. The summed E-state index contributed by atoms with van der Waals surface area (Å²) in [6.07, 6.45) is 1.41. The lowest BCUT2D eigenvalue weighted by atomic mass is 10.1. The van der Waals surface area contributed by atoms with Gasteiger partial charge in [0.2, 0.25) is 0 Å². The Labute approximate surface area is 151 Å². The van der Waals surface area contributed by atoms with Crippen molar-refractivity contribution in [3.63, 3.8) is 0 Å². The number of benzene rings is 2. The number of nitrogens with one attached hydrogen (secondary N) is 1. The maximum absolute atomic E-state index is 12.2. The molecule has 1 N–H and O–H groups in total. The lowest BCUT2D eigenvalue weighted by molar-refractivity contribution is -0.384. The molecule has 0 aliphatic heterocycles. The molecule has 7 nitrogen and oxygen atoms in total. The van der Waals surface area contributed by atoms with Crippen molar-refractivity contribution in [3.05, 3.63) is 68.2 Å². The minimum atomic E-state index is -0.657. The fraction of sp³-hybridized carbons (Fsp3) is 0.0588. The number of methoxy groups -OCH3 is 1. The molecule has 0 bridgehead atoms. The minimum absolute atomic E-state index is 0.136. The monoisotopic (exact) mass is 401 g/mol. The highest BCUT2D eigenvalue weighted by Gasteiger charge is 2.12. The zero-order chi connectivity index (χ0) is 18.4. The van der Waals surface area contributed by atoms with Crippen LogP contribution in [0.4, 0.5) is 11.4 Å². The smallest absolute Gasteiger partial charge is 0.271 e. The summed E-state index contributed by atoms with van der Waals surface area (Å²) in [5.41, 5.74) is 0.567. The zero-order valence-electron chi connectivity index (χ0n) is 13.0. The summed E-state index contributed by atoms with van der Waals surface area (Å²) in [6, 6.07) is 12.4. The molecule has 0 aromatic heterocycles. The number of nitriles is 1. The number of nitrogens with zero attached hydrogens (tertiary/aromatic N) is 2. The number of halogens is 1. The maximum atomic E-state index is 12.2. The summed E-state index contributed by atoms with van der Waals surface area (Å²) in [4.78, 5) is 22.4. The van der Waals surface area contributed by atoms with E-state index in [9.17, 15) is 20.2 Å². The molecule has 0 aliphatic carbocycles. The first-order valence-electron chi connectivity index (χ1n) is 6.95. The summed E-state index contributed by atoms with van der Waals surface area (Å²) in [5, 5.41) is 22.5. The van der Waals surface area contributed by atoms with Crippen LogP contribution in [0.15, 0.2) is 52.5 Å². The number of anilines is 1. The number of carbonyl (C=O) groups excluding carboxylic acids is 1. The van der Waals surface area contributed by atoms with Gasteiger partial charge in [-0.1, -0.05) is 12.1 Å². The molecule has 0 fully saturated rings. The van der Waals surface area contributed by atoms with Crippen molar-refractivity contribution in [2.24, 2.45) is 0 Å². The Morgan fingerprint density at radius 3 is 2.72 bits per heavy atom. The average molecular weight is 402 g/mol. The van der Waals surface area contributed by atoms with E-state index >= 15 is 0 Å². The first-order valence-corrected chi connectivity index (χ1v) is 7.75. The van der Waals surface area contributed by atoms with E-state index < -0.39 is 10.8 Å². The van der Waals surface area contributed by atoms with Crippen molar-refractivity contribution in [2.45, 2.75) is 0 Å². The van der Waals surface area contributed by atoms with Crippen LogP contribution in [0, 0.1) is 21.4 Å². The third-order valence-corrected chi connectivity index (χ3v) is 3.79. The van der Waals surface area contributed by atoms with Gasteiger partial charge in [0.25, 0.3) is 11.6 Å². The zero-order valence-corrected chi connectivity index (χ0v) is 14.6. The van der Waals surface area contributed by atoms with Crippen LogP contribution in [0.25, 0.3) is 6.08 Å². The van der Waals surface area contributed by atoms with Crippen molar-refractivity contribution in [1.29, 1.82) is 5.26 Å². The van der Waals surface area contributed by atoms with Crippen molar-refractivity contribution < 1.29 is 14.5 Å². The highest BCUT2D eigenvalue weighted by Crippen LogP contribution is 2.26. The van der Waals surface area contributed by atoms with Crippen LogP contribution in [-0.2, 0) is 4.79 Å². The third-order valence-electron chi connectivity index (χ3n) is 3.17. The number of ether oxygens (including phenoxy) is 1. The Hall–Kier alpha value is -3.18. The molecule has 0 unspecified atom stereocenters. The van der Waals surface area contributed by atoms with Gasteiger partial charge < -0.3 is 10.1 Å². The molecular weight excluding hydrogens is 390 g/mol. The molecule has 0 atom stereocenters. The highest BCUT2D eigenvalue weighted by atomic mass is 79.9. The second kappa shape index (κ2) is 8.08. The number of hydrogen-bond donors (Lipinski definition) is 1. The summed E-state index contributed by atoms with van der Waals surface area (Å²) in [7, 11) is 1.53. The van der Waals surface area contributed by atoms with Crippen LogP contribution >= 0.6 is 15.9 Å². The normalized spacial score (nSPS) is 10.7. The van der Waals surface area contributed by atoms with E-state index in [4.69, 9.17) is 4.74 Å². The van der Waals surface area contributed by atoms with Gasteiger partial charge in [0.15, 0.2) is 0 Å². The number of nitro benzene ring substituents is 1. The quantitative estimate of drug-likeness (QED) is 0.353. The van der Waals surface area contributed by atoms with Crippen molar-refractivity contribution in [2.75, 3.05) is 12.4 Å². The Morgan fingerprint density at radius 1 is 1.36 bits per heavy atom. The largest absolute Gasteiger partial charge is 0.496 e. The molecule has 2 aromatic rings. The number of amides is 1. The lowest BCUT2D eigenvalue weighted by Crippen LogP contribution is -2.13. The molecule has 0 saturated heterocycles. The van der Waals surface area contributed by atoms with Crippen LogP contribution in [-0.4, -0.2) is 17.9 Å². The van der Waals surface area contributed by atoms with E-state index in [1.54, 1.807) is 18.2 Å². The van der Waals surface area contributed by atoms with E-state index in [0.29, 0.717) is 15.8 Å². The maximum Gasteiger partial charge on any atom is 0.271 e. The van der Waals surface area contributed by atoms with Gasteiger partial charge in [0.05, 0.1) is 16.5 Å². The predicted molar refractivity (Wildman–Crippen MR) is 96.0 cm³/mol. The Bertz CT molecular complexity index is 903. The first kappa shape index (κ1) is 18.2. The number of hydrogen-bond acceptors (Lipinski definition) is 5. The van der Waals surface area contributed by atoms with Crippen LogP contribution in [0.3, 0.4) is 0 Å². The second-order valence-corrected chi connectivity index (χ2v) is 5.68. The van der Waals surface area contributed by atoms with Gasteiger partial charge in [0.1, 0.15) is 17.4 Å². The SMILES string of the molecule is COc1ccc(/C=C(\C#N)C(=O)Nc2cccc([N+](=O)[O-])c2)cc1Br. The molecule has 8 heteroatoms. The average Bonchev–Trinajstić information content (AvgIpc) is 2.59. The van der Waals surface area contributed by atoms with Gasteiger partial charge in [-0.3, -0.25) is 14.9 Å². The Morgan fingerprint density at radius 2 is 2.12 bits per heavy atom. The molecule has 0 heterocycles. The summed E-state index contributed by atoms with van der Waals surface area (Å²) < 4.78 is 5.80. The van der Waals surface area contributed by atoms with Gasteiger partial charge in [-0.05, 0) is 45.8 Å². The van der Waals surface area contributed by atoms with Crippen LogP contribution in [0.2, 0.25) is 0 Å². The topological polar surface area (TPSA) is 105 Å². The van der Waals surface area contributed by atoms with E-state index in [-0.39, 0.29) is 16.9 Å². The molecular formula is C17H12BrN3O4. The van der Waals surface area contributed by atoms with E-state index in [1.165, 1.54) is 37.5 Å². The Kier molecular flexibility index (Phi) is 5.87. The van der Waals surface area contributed by atoms with E-state index in [1.807, 2.05) is 6.07 Å². The minimum Gasteiger partial charge on any atom is -0.496 e. The Balaban J connectivity index is 2.24. The van der Waals surface area contributed by atoms with Crippen LogP contribution in [0.1, 0.15) is 5.56 Å². The van der Waals surface area contributed by atoms with Crippen molar-refractivity contribution in [3.8, 4) is 11.8 Å². The third kappa shape index (κ3) is 4.65. The van der Waals surface area contributed by atoms with Crippen LogP contribution in [0.5, 0.6) is 5.75 Å². The molecule has 0 spiro atoms. The summed E-state index contributed by atoms with van der Waals surface area (Å²) in [6.45, 7) is 0. The summed E-state index contributed by atoms with van der Waals surface area (Å²) in [5.74, 6) is -0.0355. The van der Waals surface area contributed by atoms with Gasteiger partial charge in [-0.15, -0.1) is 0 Å². The number of rotatable bonds is 5. The molecule has 126 valence electrons. The fourth-order valence-electron chi connectivity index (χ4n) is 1.98.